The Balaban J connectivity index is 1.22. The normalized spacial score (nSPS) is 15.1. The van der Waals surface area contributed by atoms with E-state index in [-0.39, 0.29) is 31.2 Å². The number of aliphatic carboxylic acids is 1. The van der Waals surface area contributed by atoms with Crippen molar-refractivity contribution in [3.63, 3.8) is 0 Å². The quantitative estimate of drug-likeness (QED) is 0.208. The Labute approximate surface area is 231 Å². The summed E-state index contributed by atoms with van der Waals surface area (Å²) in [6.07, 6.45) is 1.07. The van der Waals surface area contributed by atoms with Crippen LogP contribution in [0.1, 0.15) is 31.7 Å². The maximum Gasteiger partial charge on any atom is 0.323 e. The first kappa shape index (κ1) is 27.2. The molecule has 206 valence electrons. The molecule has 3 aromatic carbocycles. The molecule has 0 saturated carbocycles. The van der Waals surface area contributed by atoms with Gasteiger partial charge in [0.15, 0.2) is 5.41 Å². The SMILES string of the molecule is CCCOC(=O)C1(C(=O)O)CCN(Cc2ccc(-c3noc(-c4ccc(-c5ccccc5)c(F)c4)n3)cc2)CC1. The van der Waals surface area contributed by atoms with Crippen molar-refractivity contribution < 1.29 is 28.3 Å². The second-order valence-electron chi connectivity index (χ2n) is 9.98. The molecular weight excluding hydrogens is 513 g/mol. The van der Waals surface area contributed by atoms with Gasteiger partial charge in [-0.25, -0.2) is 4.39 Å². The van der Waals surface area contributed by atoms with Crippen LogP contribution in [0.25, 0.3) is 34.0 Å². The maximum absolute atomic E-state index is 14.8. The molecule has 1 saturated heterocycles. The Morgan fingerprint density at radius 1 is 1.00 bits per heavy atom. The topological polar surface area (TPSA) is 106 Å². The van der Waals surface area contributed by atoms with Crippen molar-refractivity contribution in [2.75, 3.05) is 19.7 Å². The number of nitrogens with zero attached hydrogens (tertiary/aromatic N) is 3. The third-order valence-corrected chi connectivity index (χ3v) is 7.29. The summed E-state index contributed by atoms with van der Waals surface area (Å²) in [5.74, 6) is -1.51. The summed E-state index contributed by atoms with van der Waals surface area (Å²) >= 11 is 0. The second-order valence-corrected chi connectivity index (χ2v) is 9.98. The fraction of sp³-hybridized carbons (Fsp3) is 0.290. The molecule has 40 heavy (non-hydrogen) atoms. The molecule has 1 fully saturated rings. The summed E-state index contributed by atoms with van der Waals surface area (Å²) in [5.41, 5.74) is 2.09. The average Bonchev–Trinajstić information content (AvgIpc) is 3.47. The highest BCUT2D eigenvalue weighted by Gasteiger charge is 2.49. The largest absolute Gasteiger partial charge is 0.480 e. The number of ether oxygens (including phenoxy) is 1. The molecule has 5 rings (SSSR count). The van der Waals surface area contributed by atoms with Gasteiger partial charge in [0.1, 0.15) is 5.82 Å². The Kier molecular flexibility index (Phi) is 8.02. The number of hydrogen-bond donors (Lipinski definition) is 1. The van der Waals surface area contributed by atoms with E-state index in [1.807, 2.05) is 61.5 Å². The number of esters is 1. The zero-order valence-electron chi connectivity index (χ0n) is 22.2. The number of carbonyl (C=O) groups excluding carboxylic acids is 1. The first-order chi connectivity index (χ1) is 19.4. The highest BCUT2D eigenvalue weighted by atomic mass is 19.1. The van der Waals surface area contributed by atoms with Crippen molar-refractivity contribution in [1.82, 2.24) is 15.0 Å². The van der Waals surface area contributed by atoms with Crippen LogP contribution < -0.4 is 0 Å². The molecule has 8 nitrogen and oxygen atoms in total. The minimum Gasteiger partial charge on any atom is -0.480 e. The highest BCUT2D eigenvalue weighted by molar-refractivity contribution is 5.99. The van der Waals surface area contributed by atoms with Gasteiger partial charge in [0.25, 0.3) is 5.89 Å². The molecule has 0 atom stereocenters. The monoisotopic (exact) mass is 543 g/mol. The Morgan fingerprint density at radius 3 is 2.35 bits per heavy atom. The fourth-order valence-corrected chi connectivity index (χ4v) is 4.91. The van der Waals surface area contributed by atoms with Crippen LogP contribution in [0.5, 0.6) is 0 Å². The lowest BCUT2D eigenvalue weighted by molar-refractivity contribution is -0.172. The highest BCUT2D eigenvalue weighted by Crippen LogP contribution is 2.34. The minimum absolute atomic E-state index is 0.210. The lowest BCUT2D eigenvalue weighted by atomic mass is 9.78. The van der Waals surface area contributed by atoms with Crippen molar-refractivity contribution in [3.05, 3.63) is 84.2 Å². The van der Waals surface area contributed by atoms with Gasteiger partial charge in [-0.05, 0) is 42.5 Å². The molecule has 1 aliphatic heterocycles. The summed E-state index contributed by atoms with van der Waals surface area (Å²) in [6.45, 7) is 3.66. The van der Waals surface area contributed by atoms with E-state index in [4.69, 9.17) is 9.26 Å². The number of halogens is 1. The van der Waals surface area contributed by atoms with Crippen LogP contribution in [0.4, 0.5) is 4.39 Å². The number of carbonyl (C=O) groups is 2. The predicted molar refractivity (Wildman–Crippen MR) is 146 cm³/mol. The summed E-state index contributed by atoms with van der Waals surface area (Å²) in [5, 5.41) is 13.8. The van der Waals surface area contributed by atoms with Gasteiger partial charge < -0.3 is 14.4 Å². The van der Waals surface area contributed by atoms with Gasteiger partial charge in [-0.2, -0.15) is 4.98 Å². The van der Waals surface area contributed by atoms with E-state index >= 15 is 0 Å². The molecular formula is C31H30FN3O5. The zero-order valence-corrected chi connectivity index (χ0v) is 22.2. The van der Waals surface area contributed by atoms with Crippen molar-refractivity contribution in [2.45, 2.75) is 32.7 Å². The number of hydrogen-bond acceptors (Lipinski definition) is 7. The van der Waals surface area contributed by atoms with Crippen molar-refractivity contribution in [3.8, 4) is 34.0 Å². The lowest BCUT2D eigenvalue weighted by Gasteiger charge is -2.37. The van der Waals surface area contributed by atoms with Crippen LogP contribution in [0.15, 0.2) is 77.3 Å². The first-order valence-electron chi connectivity index (χ1n) is 13.3. The molecule has 9 heteroatoms. The third-order valence-electron chi connectivity index (χ3n) is 7.29. The minimum atomic E-state index is -1.48. The van der Waals surface area contributed by atoms with Gasteiger partial charge in [0, 0.05) is 36.3 Å². The van der Waals surface area contributed by atoms with Crippen LogP contribution in [0.2, 0.25) is 0 Å². The van der Waals surface area contributed by atoms with E-state index in [9.17, 15) is 19.1 Å². The molecule has 4 aromatic rings. The Hall–Kier alpha value is -4.37. The van der Waals surface area contributed by atoms with Gasteiger partial charge in [0.05, 0.1) is 6.61 Å². The number of piperidine rings is 1. The molecule has 2 heterocycles. The van der Waals surface area contributed by atoms with Crippen LogP contribution >= 0.6 is 0 Å². The zero-order chi connectivity index (χ0) is 28.1. The average molecular weight is 544 g/mol. The Bertz CT molecular complexity index is 1480. The number of aromatic nitrogens is 2. The first-order valence-corrected chi connectivity index (χ1v) is 13.3. The molecule has 0 spiro atoms. The molecule has 0 unspecified atom stereocenters. The molecule has 0 bridgehead atoms. The summed E-state index contributed by atoms with van der Waals surface area (Å²) in [4.78, 5) is 31.0. The van der Waals surface area contributed by atoms with E-state index in [0.29, 0.717) is 43.0 Å². The summed E-state index contributed by atoms with van der Waals surface area (Å²) < 4.78 is 25.4. The molecule has 1 aromatic heterocycles. The standard InChI is InChI=1S/C31H30FN3O5/c1-2-18-39-30(38)31(29(36)37)14-16-35(17-15-31)20-21-8-10-23(11-9-21)27-33-28(40-34-27)24-12-13-25(26(32)19-24)22-6-4-3-5-7-22/h3-13,19H,2,14-18,20H2,1H3,(H,36,37). The Morgan fingerprint density at radius 2 is 1.70 bits per heavy atom. The van der Waals surface area contributed by atoms with E-state index < -0.39 is 17.4 Å². The van der Waals surface area contributed by atoms with Crippen LogP contribution in [0, 0.1) is 11.2 Å². The molecule has 0 radical (unpaired) electrons. The van der Waals surface area contributed by atoms with E-state index in [0.717, 1.165) is 16.7 Å². The van der Waals surface area contributed by atoms with Crippen LogP contribution in [-0.2, 0) is 20.9 Å². The van der Waals surface area contributed by atoms with Gasteiger partial charge in [-0.1, -0.05) is 72.7 Å². The molecule has 1 N–H and O–H groups in total. The second kappa shape index (κ2) is 11.8. The van der Waals surface area contributed by atoms with E-state index in [1.165, 1.54) is 6.07 Å². The van der Waals surface area contributed by atoms with Crippen LogP contribution in [-0.4, -0.2) is 51.8 Å². The van der Waals surface area contributed by atoms with Gasteiger partial charge in [-0.3, -0.25) is 14.5 Å². The van der Waals surface area contributed by atoms with E-state index in [2.05, 4.69) is 15.0 Å². The van der Waals surface area contributed by atoms with Gasteiger partial charge >= 0.3 is 11.9 Å². The molecule has 0 aliphatic carbocycles. The van der Waals surface area contributed by atoms with Gasteiger partial charge in [0.2, 0.25) is 5.82 Å². The lowest BCUT2D eigenvalue weighted by Crippen LogP contribution is -2.49. The number of rotatable bonds is 9. The third kappa shape index (κ3) is 5.65. The summed E-state index contributed by atoms with van der Waals surface area (Å²) in [7, 11) is 0. The van der Waals surface area contributed by atoms with E-state index in [1.54, 1.807) is 12.1 Å². The number of benzene rings is 3. The smallest absolute Gasteiger partial charge is 0.323 e. The molecule has 0 amide bonds. The molecule has 1 aliphatic rings. The maximum atomic E-state index is 14.8. The van der Waals surface area contributed by atoms with Crippen LogP contribution in [0.3, 0.4) is 0 Å². The fourth-order valence-electron chi connectivity index (χ4n) is 4.91. The number of carboxylic acid groups (broad SMARTS) is 1. The van der Waals surface area contributed by atoms with Crippen molar-refractivity contribution in [2.24, 2.45) is 5.41 Å². The number of carboxylic acids is 1. The van der Waals surface area contributed by atoms with Gasteiger partial charge in [-0.15, -0.1) is 0 Å². The number of likely N-dealkylation sites (tertiary alicyclic amines) is 1. The van der Waals surface area contributed by atoms with Crippen molar-refractivity contribution >= 4 is 11.9 Å². The summed E-state index contributed by atoms with van der Waals surface area (Å²) in [6, 6.07) is 21.8. The van der Waals surface area contributed by atoms with Crippen molar-refractivity contribution in [1.29, 1.82) is 0 Å². The predicted octanol–water partition coefficient (Wildman–Crippen LogP) is 5.83.